The lowest BCUT2D eigenvalue weighted by Gasteiger charge is -2.38. The van der Waals surface area contributed by atoms with Gasteiger partial charge in [-0.15, -0.1) is 0 Å². The zero-order chi connectivity index (χ0) is 18.8. The molecule has 1 N–H and O–H groups in total. The van der Waals surface area contributed by atoms with Crippen LogP contribution in [0.1, 0.15) is 19.4 Å². The third-order valence-corrected chi connectivity index (χ3v) is 5.05. The van der Waals surface area contributed by atoms with E-state index >= 15 is 0 Å². The van der Waals surface area contributed by atoms with Gasteiger partial charge in [0.1, 0.15) is 0 Å². The normalized spacial score (nSPS) is 18.4. The Labute approximate surface area is 152 Å². The molecule has 0 saturated carbocycles. The second kappa shape index (κ2) is 7.37. The van der Waals surface area contributed by atoms with Gasteiger partial charge in [0.15, 0.2) is 11.5 Å². The van der Waals surface area contributed by atoms with Crippen molar-refractivity contribution in [1.29, 1.82) is 0 Å². The highest BCUT2D eigenvalue weighted by Crippen LogP contribution is 2.31. The maximum atomic E-state index is 12.5. The number of carbonyl (C=O) groups is 1. The molecule has 1 saturated heterocycles. The summed E-state index contributed by atoms with van der Waals surface area (Å²) < 4.78 is 10.6. The number of methoxy groups -OCH3 is 2. The fraction of sp³-hybridized carbons (Fsp3) is 0.474. The summed E-state index contributed by atoms with van der Waals surface area (Å²) in [6.45, 7) is 6.48. The molecule has 1 aliphatic heterocycles. The minimum Gasteiger partial charge on any atom is -0.493 e. The highest BCUT2D eigenvalue weighted by atomic mass is 16.5. The molecule has 7 heteroatoms. The number of aromatic nitrogens is 1. The topological polar surface area (TPSA) is 74.9 Å². The van der Waals surface area contributed by atoms with Crippen LogP contribution in [0.4, 0.5) is 0 Å². The summed E-state index contributed by atoms with van der Waals surface area (Å²) in [7, 11) is 3.14. The Hall–Kier alpha value is -2.54. The van der Waals surface area contributed by atoms with Gasteiger partial charge in [-0.2, -0.15) is 0 Å². The van der Waals surface area contributed by atoms with E-state index in [4.69, 9.17) is 9.47 Å². The van der Waals surface area contributed by atoms with E-state index in [0.717, 1.165) is 18.5 Å². The van der Waals surface area contributed by atoms with E-state index in [2.05, 4.69) is 4.98 Å². The van der Waals surface area contributed by atoms with Crippen molar-refractivity contribution in [2.75, 3.05) is 33.9 Å². The van der Waals surface area contributed by atoms with Crippen LogP contribution < -0.4 is 15.0 Å². The molecule has 1 amide bonds. The zero-order valence-corrected chi connectivity index (χ0v) is 15.7. The number of rotatable bonds is 5. The fourth-order valence-corrected chi connectivity index (χ4v) is 3.42. The first-order chi connectivity index (χ1) is 12.5. The molecule has 2 aromatic rings. The quantitative estimate of drug-likeness (QED) is 0.878. The number of benzene rings is 1. The van der Waals surface area contributed by atoms with Crippen molar-refractivity contribution in [1.82, 2.24) is 14.8 Å². The number of ether oxygens (including phenoxy) is 2. The van der Waals surface area contributed by atoms with Crippen LogP contribution in [0.2, 0.25) is 0 Å². The van der Waals surface area contributed by atoms with Crippen LogP contribution in [-0.4, -0.2) is 60.6 Å². The van der Waals surface area contributed by atoms with Gasteiger partial charge in [0.25, 0.3) is 5.56 Å². The molecular formula is C19H25N3O4. The van der Waals surface area contributed by atoms with Gasteiger partial charge >= 0.3 is 0 Å². The number of hydrogen-bond acceptors (Lipinski definition) is 5. The van der Waals surface area contributed by atoms with Gasteiger partial charge in [-0.1, -0.05) is 0 Å². The predicted molar refractivity (Wildman–Crippen MR) is 99.8 cm³/mol. The zero-order valence-electron chi connectivity index (χ0n) is 15.7. The summed E-state index contributed by atoms with van der Waals surface area (Å²) in [4.78, 5) is 31.7. The predicted octanol–water partition coefficient (Wildman–Crippen LogP) is 1.60. The molecule has 140 valence electrons. The van der Waals surface area contributed by atoms with Gasteiger partial charge in [0, 0.05) is 43.2 Å². The Morgan fingerprint density at radius 3 is 2.46 bits per heavy atom. The van der Waals surface area contributed by atoms with Crippen molar-refractivity contribution in [3.05, 3.63) is 34.1 Å². The highest BCUT2D eigenvalue weighted by Gasteiger charge is 2.30. The van der Waals surface area contributed by atoms with Crippen LogP contribution in [0.25, 0.3) is 10.9 Å². The summed E-state index contributed by atoms with van der Waals surface area (Å²) in [5, 5.41) is 0.864. The number of aromatic amines is 1. The van der Waals surface area contributed by atoms with E-state index < -0.39 is 0 Å². The molecule has 0 aliphatic carbocycles. The first kappa shape index (κ1) is 18.3. The number of nitrogens with zero attached hydrogens (tertiary/aromatic N) is 2. The molecule has 0 bridgehead atoms. The van der Waals surface area contributed by atoms with Crippen LogP contribution in [-0.2, 0) is 11.3 Å². The Kier molecular flexibility index (Phi) is 5.18. The van der Waals surface area contributed by atoms with Gasteiger partial charge in [0.2, 0.25) is 5.91 Å². The molecule has 1 aliphatic rings. The van der Waals surface area contributed by atoms with E-state index in [1.807, 2.05) is 35.8 Å². The standard InChI is InChI=1S/C19H25N3O4/c1-5-21-6-7-22(12(2)19(21)24)11-14-8-13-9-16(25-3)17(26-4)10-15(13)20-18(14)23/h8-10,12H,5-7,11H2,1-4H3,(H,20,23). The maximum Gasteiger partial charge on any atom is 0.252 e. The molecule has 3 rings (SSSR count). The molecule has 0 radical (unpaired) electrons. The molecular weight excluding hydrogens is 334 g/mol. The van der Waals surface area contributed by atoms with Crippen LogP contribution in [0.5, 0.6) is 11.5 Å². The molecule has 1 fully saturated rings. The number of hydrogen-bond donors (Lipinski definition) is 1. The van der Waals surface area contributed by atoms with E-state index in [9.17, 15) is 9.59 Å². The largest absolute Gasteiger partial charge is 0.493 e. The smallest absolute Gasteiger partial charge is 0.252 e. The molecule has 1 aromatic carbocycles. The van der Waals surface area contributed by atoms with Crippen molar-refractivity contribution in [2.45, 2.75) is 26.4 Å². The third kappa shape index (κ3) is 3.26. The summed E-state index contributed by atoms with van der Waals surface area (Å²) in [6, 6.07) is 5.23. The highest BCUT2D eigenvalue weighted by molar-refractivity contribution is 5.83. The molecule has 1 atom stereocenters. The van der Waals surface area contributed by atoms with E-state index in [1.54, 1.807) is 20.3 Å². The Morgan fingerprint density at radius 1 is 1.12 bits per heavy atom. The second-order valence-corrected chi connectivity index (χ2v) is 6.48. The number of amides is 1. The van der Waals surface area contributed by atoms with Gasteiger partial charge in [0.05, 0.1) is 25.8 Å². The van der Waals surface area contributed by atoms with Crippen molar-refractivity contribution < 1.29 is 14.3 Å². The monoisotopic (exact) mass is 359 g/mol. The van der Waals surface area contributed by atoms with E-state index in [-0.39, 0.29) is 17.5 Å². The number of fused-ring (bicyclic) bond motifs is 1. The number of carbonyl (C=O) groups excluding carboxylic acids is 1. The SMILES string of the molecule is CCN1CCN(Cc2cc3cc(OC)c(OC)cc3[nH]c2=O)C(C)C1=O. The molecule has 1 aromatic heterocycles. The van der Waals surface area contributed by atoms with Crippen molar-refractivity contribution in [3.63, 3.8) is 0 Å². The molecule has 1 unspecified atom stereocenters. The number of H-pyrrole nitrogens is 1. The number of nitrogens with one attached hydrogen (secondary N) is 1. The lowest BCUT2D eigenvalue weighted by Crippen LogP contribution is -2.55. The lowest BCUT2D eigenvalue weighted by atomic mass is 10.1. The fourth-order valence-electron chi connectivity index (χ4n) is 3.42. The Balaban J connectivity index is 1.92. The van der Waals surface area contributed by atoms with E-state index in [0.29, 0.717) is 35.7 Å². The molecule has 0 spiro atoms. The van der Waals surface area contributed by atoms with Crippen molar-refractivity contribution in [3.8, 4) is 11.5 Å². The van der Waals surface area contributed by atoms with Gasteiger partial charge in [-0.25, -0.2) is 0 Å². The lowest BCUT2D eigenvalue weighted by molar-refractivity contribution is -0.141. The maximum absolute atomic E-state index is 12.5. The van der Waals surface area contributed by atoms with Crippen molar-refractivity contribution in [2.24, 2.45) is 0 Å². The van der Waals surface area contributed by atoms with Crippen LogP contribution in [0.15, 0.2) is 23.0 Å². The number of pyridine rings is 1. The van der Waals surface area contributed by atoms with E-state index in [1.165, 1.54) is 0 Å². The minimum absolute atomic E-state index is 0.113. The molecule has 7 nitrogen and oxygen atoms in total. The van der Waals surface area contributed by atoms with Crippen LogP contribution >= 0.6 is 0 Å². The first-order valence-electron chi connectivity index (χ1n) is 8.79. The molecule has 26 heavy (non-hydrogen) atoms. The first-order valence-corrected chi connectivity index (χ1v) is 8.79. The second-order valence-electron chi connectivity index (χ2n) is 6.48. The van der Waals surface area contributed by atoms with Crippen LogP contribution in [0.3, 0.4) is 0 Å². The average molecular weight is 359 g/mol. The third-order valence-electron chi connectivity index (χ3n) is 5.05. The van der Waals surface area contributed by atoms with Gasteiger partial charge < -0.3 is 19.4 Å². The average Bonchev–Trinajstić information content (AvgIpc) is 2.65. The summed E-state index contributed by atoms with van der Waals surface area (Å²) in [5.74, 6) is 1.29. The molecule has 2 heterocycles. The van der Waals surface area contributed by atoms with Crippen LogP contribution in [0, 0.1) is 0 Å². The Bertz CT molecular complexity index is 877. The summed E-state index contributed by atoms with van der Waals surface area (Å²) in [6.07, 6.45) is 0. The summed E-state index contributed by atoms with van der Waals surface area (Å²) in [5.41, 5.74) is 1.17. The number of likely N-dealkylation sites (N-methyl/N-ethyl adjacent to an activating group) is 1. The van der Waals surface area contributed by atoms with Gasteiger partial charge in [-0.3, -0.25) is 14.5 Å². The van der Waals surface area contributed by atoms with Crippen molar-refractivity contribution >= 4 is 16.8 Å². The Morgan fingerprint density at radius 2 is 1.81 bits per heavy atom. The van der Waals surface area contributed by atoms with Gasteiger partial charge in [-0.05, 0) is 26.0 Å². The number of piperazine rings is 1. The minimum atomic E-state index is -0.232. The summed E-state index contributed by atoms with van der Waals surface area (Å²) >= 11 is 0.